The first-order chi connectivity index (χ1) is 6.97. The molecule has 0 atom stereocenters. The van der Waals surface area contributed by atoms with Gasteiger partial charge in [0.25, 0.3) is 0 Å². The van der Waals surface area contributed by atoms with E-state index in [9.17, 15) is 4.79 Å². The third kappa shape index (κ3) is 5.47. The van der Waals surface area contributed by atoms with Crippen LogP contribution in [0.4, 0.5) is 5.69 Å². The zero-order chi connectivity index (χ0) is 11.3. The van der Waals surface area contributed by atoms with Crippen LogP contribution in [0.25, 0.3) is 0 Å². The van der Waals surface area contributed by atoms with Crippen LogP contribution in [-0.2, 0) is 4.79 Å². The van der Waals surface area contributed by atoms with Crippen LogP contribution in [0.2, 0.25) is 0 Å². The van der Waals surface area contributed by atoms with E-state index in [0.717, 1.165) is 5.69 Å². The quantitative estimate of drug-likeness (QED) is 0.853. The summed E-state index contributed by atoms with van der Waals surface area (Å²) in [7, 11) is 0. The van der Waals surface area contributed by atoms with Crippen molar-refractivity contribution >= 4 is 23.4 Å². The number of rotatable bonds is 3. The highest BCUT2D eigenvalue weighted by Crippen LogP contribution is 2.22. The lowest BCUT2D eigenvalue weighted by atomic mass is 10.3. The molecule has 2 nitrogen and oxygen atoms in total. The summed E-state index contributed by atoms with van der Waals surface area (Å²) in [6, 6.07) is 9.53. The minimum atomic E-state index is 0.0566. The number of hydrogen-bond donors (Lipinski definition) is 1. The lowest BCUT2D eigenvalue weighted by Gasteiger charge is -2.16. The van der Waals surface area contributed by atoms with Crippen molar-refractivity contribution in [3.8, 4) is 0 Å². The van der Waals surface area contributed by atoms with Gasteiger partial charge in [-0.15, -0.1) is 11.8 Å². The highest BCUT2D eigenvalue weighted by Gasteiger charge is 2.13. The molecule has 0 bridgehead atoms. The number of nitrogens with one attached hydrogen (secondary N) is 1. The van der Waals surface area contributed by atoms with Gasteiger partial charge in [-0.2, -0.15) is 0 Å². The van der Waals surface area contributed by atoms with Gasteiger partial charge in [0, 0.05) is 10.4 Å². The van der Waals surface area contributed by atoms with Crippen LogP contribution in [0, 0.1) is 0 Å². The van der Waals surface area contributed by atoms with Crippen molar-refractivity contribution in [2.24, 2.45) is 0 Å². The van der Waals surface area contributed by atoms with E-state index >= 15 is 0 Å². The summed E-state index contributed by atoms with van der Waals surface area (Å²) >= 11 is 1.65. The number of anilines is 1. The Morgan fingerprint density at radius 2 is 1.87 bits per heavy atom. The fourth-order valence-corrected chi connectivity index (χ4v) is 1.64. The molecule has 1 aromatic rings. The predicted octanol–water partition coefficient (Wildman–Crippen LogP) is 3.16. The molecule has 0 heterocycles. The Labute approximate surface area is 95.5 Å². The molecule has 0 fully saturated rings. The minimum absolute atomic E-state index is 0.0566. The molecule has 1 aromatic carbocycles. The topological polar surface area (TPSA) is 29.1 Å². The van der Waals surface area contributed by atoms with Gasteiger partial charge in [0.05, 0.1) is 5.75 Å². The first-order valence-corrected chi connectivity index (χ1v) is 5.95. The van der Waals surface area contributed by atoms with E-state index in [1.807, 2.05) is 30.3 Å². The number of thioether (sulfide) groups is 1. The Hall–Kier alpha value is -0.960. The Balaban J connectivity index is 2.38. The van der Waals surface area contributed by atoms with Crippen molar-refractivity contribution < 1.29 is 4.79 Å². The van der Waals surface area contributed by atoms with Crippen molar-refractivity contribution in [2.45, 2.75) is 25.5 Å². The smallest absolute Gasteiger partial charge is 0.234 e. The molecule has 0 aliphatic heterocycles. The fourth-order valence-electron chi connectivity index (χ4n) is 1.00. The van der Waals surface area contributed by atoms with Crippen LogP contribution >= 0.6 is 11.8 Å². The summed E-state index contributed by atoms with van der Waals surface area (Å²) in [4.78, 5) is 11.5. The third-order valence-electron chi connectivity index (χ3n) is 1.69. The standard InChI is InChI=1S/C12H17NOS/c1-12(2,3)15-9-11(14)13-10-7-5-4-6-8-10/h4-8H,9H2,1-3H3,(H,13,14). The van der Waals surface area contributed by atoms with E-state index in [1.165, 1.54) is 0 Å². The lowest BCUT2D eigenvalue weighted by molar-refractivity contribution is -0.113. The fraction of sp³-hybridized carbons (Fsp3) is 0.417. The predicted molar refractivity (Wildman–Crippen MR) is 67.3 cm³/mol. The van der Waals surface area contributed by atoms with E-state index in [0.29, 0.717) is 5.75 Å². The normalized spacial score (nSPS) is 11.1. The Bertz CT molecular complexity index is 316. The summed E-state index contributed by atoms with van der Waals surface area (Å²) in [5, 5.41) is 2.85. The van der Waals surface area contributed by atoms with E-state index in [1.54, 1.807) is 11.8 Å². The number of hydrogen-bond acceptors (Lipinski definition) is 2. The zero-order valence-corrected chi connectivity index (χ0v) is 10.2. The molecule has 0 spiro atoms. The molecular formula is C12H17NOS. The number of amides is 1. The SMILES string of the molecule is CC(C)(C)SCC(=O)Nc1ccccc1. The van der Waals surface area contributed by atoms with Gasteiger partial charge in [0.2, 0.25) is 5.91 Å². The largest absolute Gasteiger partial charge is 0.325 e. The summed E-state index contributed by atoms with van der Waals surface area (Å²) in [6.45, 7) is 6.31. The molecule has 82 valence electrons. The molecule has 0 unspecified atom stereocenters. The Kier molecular flexibility index (Phi) is 4.21. The summed E-state index contributed by atoms with van der Waals surface area (Å²) in [5.74, 6) is 0.555. The second-order valence-corrected chi connectivity index (χ2v) is 6.12. The molecule has 15 heavy (non-hydrogen) atoms. The highest BCUT2D eigenvalue weighted by molar-refractivity contribution is 8.01. The summed E-state index contributed by atoms with van der Waals surface area (Å²) in [6.07, 6.45) is 0. The van der Waals surface area contributed by atoms with Crippen LogP contribution < -0.4 is 5.32 Å². The van der Waals surface area contributed by atoms with Gasteiger partial charge in [-0.25, -0.2) is 0 Å². The number of benzene rings is 1. The van der Waals surface area contributed by atoms with Crippen LogP contribution in [0.1, 0.15) is 20.8 Å². The maximum atomic E-state index is 11.5. The van der Waals surface area contributed by atoms with Gasteiger partial charge >= 0.3 is 0 Å². The minimum Gasteiger partial charge on any atom is -0.325 e. The van der Waals surface area contributed by atoms with Crippen molar-refractivity contribution in [3.63, 3.8) is 0 Å². The monoisotopic (exact) mass is 223 g/mol. The number of carbonyl (C=O) groups is 1. The summed E-state index contributed by atoms with van der Waals surface area (Å²) in [5.41, 5.74) is 0.858. The second kappa shape index (κ2) is 5.21. The average molecular weight is 223 g/mol. The Morgan fingerprint density at radius 3 is 2.40 bits per heavy atom. The first-order valence-electron chi connectivity index (χ1n) is 4.96. The van der Waals surface area contributed by atoms with Crippen molar-refractivity contribution in [1.29, 1.82) is 0 Å². The maximum absolute atomic E-state index is 11.5. The second-order valence-electron chi connectivity index (χ2n) is 4.32. The van der Waals surface area contributed by atoms with Gasteiger partial charge in [-0.1, -0.05) is 39.0 Å². The summed E-state index contributed by atoms with van der Waals surface area (Å²) < 4.78 is 0.133. The van der Waals surface area contributed by atoms with Crippen LogP contribution in [0.15, 0.2) is 30.3 Å². The van der Waals surface area contributed by atoms with E-state index in [2.05, 4.69) is 26.1 Å². The van der Waals surface area contributed by atoms with Crippen LogP contribution in [0.5, 0.6) is 0 Å². The molecule has 0 saturated carbocycles. The zero-order valence-electron chi connectivity index (χ0n) is 9.41. The van der Waals surface area contributed by atoms with Crippen LogP contribution in [-0.4, -0.2) is 16.4 Å². The van der Waals surface area contributed by atoms with E-state index in [4.69, 9.17) is 0 Å². The highest BCUT2D eigenvalue weighted by atomic mass is 32.2. The van der Waals surface area contributed by atoms with Gasteiger partial charge in [-0.05, 0) is 12.1 Å². The van der Waals surface area contributed by atoms with Gasteiger partial charge in [0.1, 0.15) is 0 Å². The molecule has 1 rings (SSSR count). The molecule has 1 amide bonds. The molecule has 3 heteroatoms. The van der Waals surface area contributed by atoms with E-state index in [-0.39, 0.29) is 10.7 Å². The van der Waals surface area contributed by atoms with Crippen molar-refractivity contribution in [1.82, 2.24) is 0 Å². The average Bonchev–Trinajstić information content (AvgIpc) is 2.15. The molecular weight excluding hydrogens is 206 g/mol. The Morgan fingerprint density at radius 1 is 1.27 bits per heavy atom. The van der Waals surface area contributed by atoms with Gasteiger partial charge in [0.15, 0.2) is 0 Å². The molecule has 0 aliphatic carbocycles. The van der Waals surface area contributed by atoms with Crippen molar-refractivity contribution in [2.75, 3.05) is 11.1 Å². The van der Waals surface area contributed by atoms with Gasteiger partial charge < -0.3 is 5.32 Å². The molecule has 0 radical (unpaired) electrons. The van der Waals surface area contributed by atoms with Crippen LogP contribution in [0.3, 0.4) is 0 Å². The lowest BCUT2D eigenvalue weighted by Crippen LogP contribution is -2.18. The number of carbonyl (C=O) groups excluding carboxylic acids is 1. The first kappa shape index (κ1) is 12.1. The molecule has 1 N–H and O–H groups in total. The molecule has 0 saturated heterocycles. The van der Waals surface area contributed by atoms with Crippen molar-refractivity contribution in [3.05, 3.63) is 30.3 Å². The molecule has 0 aromatic heterocycles. The van der Waals surface area contributed by atoms with Gasteiger partial charge in [-0.3, -0.25) is 4.79 Å². The maximum Gasteiger partial charge on any atom is 0.234 e. The molecule has 0 aliphatic rings. The number of para-hydroxylation sites is 1. The van der Waals surface area contributed by atoms with E-state index < -0.39 is 0 Å². The third-order valence-corrected chi connectivity index (χ3v) is 2.97.